The van der Waals surface area contributed by atoms with Crippen molar-refractivity contribution in [3.63, 3.8) is 0 Å². The highest BCUT2D eigenvalue weighted by molar-refractivity contribution is 5.96. The summed E-state index contributed by atoms with van der Waals surface area (Å²) in [5.74, 6) is 1.75. The molecule has 132 valence electrons. The first kappa shape index (κ1) is 17.8. The van der Waals surface area contributed by atoms with Crippen molar-refractivity contribution in [2.75, 3.05) is 6.54 Å². The van der Waals surface area contributed by atoms with Crippen LogP contribution in [0, 0.1) is 12.8 Å². The van der Waals surface area contributed by atoms with Crippen LogP contribution in [0.25, 0.3) is 22.1 Å². The van der Waals surface area contributed by atoms with E-state index in [1.54, 1.807) is 0 Å². The second-order valence-electron chi connectivity index (χ2n) is 7.31. The van der Waals surface area contributed by atoms with Gasteiger partial charge in [-0.1, -0.05) is 56.7 Å². The minimum absolute atomic E-state index is 0.715. The average Bonchev–Trinajstić information content (AvgIpc) is 2.96. The number of furan rings is 1. The molecule has 2 nitrogen and oxygen atoms in total. The maximum absolute atomic E-state index is 6.21. The highest BCUT2D eigenvalue weighted by Gasteiger charge is 2.16. The lowest BCUT2D eigenvalue weighted by atomic mass is 9.99. The largest absolute Gasteiger partial charge is 0.459 e. The number of hydrogen-bond acceptors (Lipinski definition) is 2. The monoisotopic (exact) mass is 335 g/mol. The van der Waals surface area contributed by atoms with E-state index in [4.69, 9.17) is 4.42 Å². The van der Waals surface area contributed by atoms with Gasteiger partial charge >= 0.3 is 0 Å². The van der Waals surface area contributed by atoms with Gasteiger partial charge in [-0.2, -0.15) is 0 Å². The van der Waals surface area contributed by atoms with Gasteiger partial charge in [0.25, 0.3) is 0 Å². The molecular formula is C23H29NO. The average molecular weight is 335 g/mol. The van der Waals surface area contributed by atoms with Crippen LogP contribution in [0.3, 0.4) is 0 Å². The molecule has 0 aliphatic heterocycles. The van der Waals surface area contributed by atoms with E-state index in [-0.39, 0.29) is 0 Å². The van der Waals surface area contributed by atoms with Crippen molar-refractivity contribution in [2.45, 2.75) is 47.1 Å². The second kappa shape index (κ2) is 7.88. The highest BCUT2D eigenvalue weighted by atomic mass is 16.3. The number of nitrogens with one attached hydrogen (secondary N) is 1. The fourth-order valence-corrected chi connectivity index (χ4v) is 3.20. The van der Waals surface area contributed by atoms with E-state index in [9.17, 15) is 0 Å². The van der Waals surface area contributed by atoms with Crippen LogP contribution >= 0.6 is 0 Å². The number of fused-ring (bicyclic) bond motifs is 1. The molecule has 0 radical (unpaired) electrons. The van der Waals surface area contributed by atoms with Crippen molar-refractivity contribution in [2.24, 2.45) is 5.92 Å². The molecule has 0 bridgehead atoms. The normalized spacial score (nSPS) is 11.6. The van der Waals surface area contributed by atoms with Crippen molar-refractivity contribution in [1.29, 1.82) is 0 Å². The molecule has 0 unspecified atom stereocenters. The zero-order valence-corrected chi connectivity index (χ0v) is 15.9. The molecule has 0 saturated heterocycles. The Balaban J connectivity index is 1.97. The van der Waals surface area contributed by atoms with E-state index in [0.717, 1.165) is 30.9 Å². The topological polar surface area (TPSA) is 25.2 Å². The van der Waals surface area contributed by atoms with Crippen LogP contribution in [-0.4, -0.2) is 6.54 Å². The van der Waals surface area contributed by atoms with E-state index >= 15 is 0 Å². The van der Waals surface area contributed by atoms with Crippen LogP contribution in [0.4, 0.5) is 0 Å². The van der Waals surface area contributed by atoms with Gasteiger partial charge in [0.05, 0.1) is 6.54 Å². The smallest absolute Gasteiger partial charge is 0.135 e. The third-order valence-corrected chi connectivity index (χ3v) is 4.75. The highest BCUT2D eigenvalue weighted by Crippen LogP contribution is 2.35. The van der Waals surface area contributed by atoms with Crippen molar-refractivity contribution in [1.82, 2.24) is 5.32 Å². The van der Waals surface area contributed by atoms with Gasteiger partial charge in [-0.3, -0.25) is 0 Å². The quantitative estimate of drug-likeness (QED) is 0.527. The van der Waals surface area contributed by atoms with Crippen LogP contribution in [0.2, 0.25) is 0 Å². The number of benzene rings is 2. The van der Waals surface area contributed by atoms with Crippen LogP contribution in [0.5, 0.6) is 0 Å². The molecule has 0 aliphatic carbocycles. The summed E-state index contributed by atoms with van der Waals surface area (Å²) in [7, 11) is 0. The first-order valence-electron chi connectivity index (χ1n) is 9.40. The minimum atomic E-state index is 0.715. The van der Waals surface area contributed by atoms with Gasteiger partial charge in [0.1, 0.15) is 11.3 Å². The van der Waals surface area contributed by atoms with Gasteiger partial charge in [-0.25, -0.2) is 0 Å². The molecular weight excluding hydrogens is 306 g/mol. The molecule has 0 fully saturated rings. The Kier molecular flexibility index (Phi) is 5.60. The molecule has 0 aliphatic rings. The zero-order chi connectivity index (χ0) is 17.8. The van der Waals surface area contributed by atoms with Gasteiger partial charge in [0.2, 0.25) is 0 Å². The summed E-state index contributed by atoms with van der Waals surface area (Å²) < 4.78 is 6.21. The first-order chi connectivity index (χ1) is 12.1. The van der Waals surface area contributed by atoms with Crippen molar-refractivity contribution >= 4 is 11.0 Å². The Morgan fingerprint density at radius 3 is 2.48 bits per heavy atom. The molecule has 1 aromatic heterocycles. The van der Waals surface area contributed by atoms with E-state index in [1.165, 1.54) is 34.1 Å². The van der Waals surface area contributed by atoms with Gasteiger partial charge in [-0.05, 0) is 55.5 Å². The standard InChI is InChI=1S/C23H29NO/c1-5-18-7-9-19(10-8-18)23-20-14-17(4)6-11-21(20)25-22(23)15-24-13-12-16(2)3/h6-11,14,16,24H,5,12-13,15H2,1-4H3. The SMILES string of the molecule is CCc1ccc(-c2c(CNCCC(C)C)oc3ccc(C)cc23)cc1. The van der Waals surface area contributed by atoms with E-state index in [0.29, 0.717) is 5.92 Å². The van der Waals surface area contributed by atoms with Crippen molar-refractivity contribution < 1.29 is 4.42 Å². The van der Waals surface area contributed by atoms with Crippen LogP contribution < -0.4 is 5.32 Å². The Morgan fingerprint density at radius 2 is 1.80 bits per heavy atom. The molecule has 0 amide bonds. The Bertz CT molecular complexity index is 827. The first-order valence-corrected chi connectivity index (χ1v) is 9.40. The summed E-state index contributed by atoms with van der Waals surface area (Å²) in [5.41, 5.74) is 6.07. The van der Waals surface area contributed by atoms with Gasteiger partial charge in [0, 0.05) is 10.9 Å². The predicted molar refractivity (Wildman–Crippen MR) is 107 cm³/mol. The minimum Gasteiger partial charge on any atom is -0.459 e. The van der Waals surface area contributed by atoms with Crippen LogP contribution in [0.1, 0.15) is 44.1 Å². The second-order valence-corrected chi connectivity index (χ2v) is 7.31. The lowest BCUT2D eigenvalue weighted by Gasteiger charge is -2.08. The van der Waals surface area contributed by atoms with E-state index < -0.39 is 0 Å². The lowest BCUT2D eigenvalue weighted by Crippen LogP contribution is -2.16. The molecule has 0 spiro atoms. The van der Waals surface area contributed by atoms with Crippen LogP contribution in [0.15, 0.2) is 46.9 Å². The summed E-state index contributed by atoms with van der Waals surface area (Å²) in [6.07, 6.45) is 2.25. The number of rotatable bonds is 7. The van der Waals surface area contributed by atoms with Crippen molar-refractivity contribution in [3.05, 3.63) is 59.4 Å². The molecule has 2 heteroatoms. The summed E-state index contributed by atoms with van der Waals surface area (Å²) in [6, 6.07) is 15.3. The molecule has 3 rings (SSSR count). The zero-order valence-electron chi connectivity index (χ0n) is 15.9. The Morgan fingerprint density at radius 1 is 1.04 bits per heavy atom. The number of aryl methyl sites for hydroxylation is 2. The maximum atomic E-state index is 6.21. The molecule has 1 heterocycles. The fraction of sp³-hybridized carbons (Fsp3) is 0.391. The summed E-state index contributed by atoms with van der Waals surface area (Å²) in [4.78, 5) is 0. The Hall–Kier alpha value is -2.06. The maximum Gasteiger partial charge on any atom is 0.135 e. The summed E-state index contributed by atoms with van der Waals surface area (Å²) in [5, 5.41) is 4.76. The molecule has 0 saturated carbocycles. The number of hydrogen-bond donors (Lipinski definition) is 1. The van der Waals surface area contributed by atoms with E-state index in [2.05, 4.69) is 75.5 Å². The molecule has 0 atom stereocenters. The lowest BCUT2D eigenvalue weighted by molar-refractivity contribution is 0.488. The van der Waals surface area contributed by atoms with Crippen molar-refractivity contribution in [3.8, 4) is 11.1 Å². The van der Waals surface area contributed by atoms with E-state index in [1.807, 2.05) is 0 Å². The van der Waals surface area contributed by atoms with Gasteiger partial charge in [0.15, 0.2) is 0 Å². The molecule has 3 aromatic rings. The third kappa shape index (κ3) is 4.13. The fourth-order valence-electron chi connectivity index (χ4n) is 3.20. The summed E-state index contributed by atoms with van der Waals surface area (Å²) >= 11 is 0. The molecule has 2 aromatic carbocycles. The summed E-state index contributed by atoms with van der Waals surface area (Å²) in [6.45, 7) is 10.6. The molecule has 25 heavy (non-hydrogen) atoms. The van der Waals surface area contributed by atoms with Gasteiger partial charge < -0.3 is 9.73 Å². The third-order valence-electron chi connectivity index (χ3n) is 4.75. The molecule has 1 N–H and O–H groups in total. The predicted octanol–water partition coefficient (Wildman–Crippen LogP) is 6.11. The van der Waals surface area contributed by atoms with Crippen LogP contribution in [-0.2, 0) is 13.0 Å². The van der Waals surface area contributed by atoms with Gasteiger partial charge in [-0.15, -0.1) is 0 Å². The Labute approximate surface area is 151 Å².